The Morgan fingerprint density at radius 2 is 1.93 bits per heavy atom. The van der Waals surface area contributed by atoms with Crippen LogP contribution in [0.5, 0.6) is 5.75 Å². The molecule has 6 heteroatoms. The lowest BCUT2D eigenvalue weighted by Crippen LogP contribution is -2.27. The molecule has 0 aliphatic rings. The topological polar surface area (TPSA) is 76.2 Å². The van der Waals surface area contributed by atoms with E-state index in [-0.39, 0.29) is 5.91 Å². The highest BCUT2D eigenvalue weighted by molar-refractivity contribution is 6.07. The van der Waals surface area contributed by atoms with Gasteiger partial charge in [0.15, 0.2) is 0 Å². The molecule has 4 aromatic rings. The van der Waals surface area contributed by atoms with Gasteiger partial charge in [-0.05, 0) is 35.9 Å². The third-order valence-corrected chi connectivity index (χ3v) is 4.89. The van der Waals surface area contributed by atoms with Crippen molar-refractivity contribution in [2.24, 2.45) is 0 Å². The Morgan fingerprint density at radius 3 is 2.72 bits per heavy atom. The number of rotatable bonds is 7. The van der Waals surface area contributed by atoms with E-state index in [4.69, 9.17) is 9.47 Å². The Morgan fingerprint density at radius 1 is 1.10 bits per heavy atom. The number of H-pyrrole nitrogens is 1. The molecule has 0 saturated heterocycles. The van der Waals surface area contributed by atoms with Gasteiger partial charge in [0.1, 0.15) is 11.4 Å². The van der Waals surface area contributed by atoms with Gasteiger partial charge in [0.25, 0.3) is 5.91 Å². The van der Waals surface area contributed by atoms with E-state index < -0.39 is 0 Å². The van der Waals surface area contributed by atoms with Gasteiger partial charge in [-0.25, -0.2) is 0 Å². The van der Waals surface area contributed by atoms with Crippen LogP contribution in [0.1, 0.15) is 17.3 Å². The summed E-state index contributed by atoms with van der Waals surface area (Å²) in [4.78, 5) is 12.7. The van der Waals surface area contributed by atoms with Crippen molar-refractivity contribution in [3.8, 4) is 17.0 Å². The van der Waals surface area contributed by atoms with Crippen LogP contribution in [0.4, 0.5) is 0 Å². The van der Waals surface area contributed by atoms with Crippen molar-refractivity contribution in [3.63, 3.8) is 0 Å². The van der Waals surface area contributed by atoms with Crippen molar-refractivity contribution in [3.05, 3.63) is 60.2 Å². The predicted octanol–water partition coefficient (Wildman–Crippen LogP) is 4.16. The van der Waals surface area contributed by atoms with Crippen LogP contribution in [-0.4, -0.2) is 43.0 Å². The van der Waals surface area contributed by atoms with Crippen molar-refractivity contribution in [1.82, 2.24) is 15.5 Å². The highest BCUT2D eigenvalue weighted by Gasteiger charge is 2.20. The van der Waals surface area contributed by atoms with Crippen LogP contribution < -0.4 is 10.1 Å². The molecule has 0 radical (unpaired) electrons. The molecule has 0 unspecified atom stereocenters. The minimum Gasteiger partial charge on any atom is -0.495 e. The van der Waals surface area contributed by atoms with E-state index in [0.717, 1.165) is 32.9 Å². The zero-order valence-electron chi connectivity index (χ0n) is 16.5. The molecule has 6 nitrogen and oxygen atoms in total. The maximum Gasteiger partial charge on any atom is 0.255 e. The van der Waals surface area contributed by atoms with Gasteiger partial charge in [-0.1, -0.05) is 36.4 Å². The summed E-state index contributed by atoms with van der Waals surface area (Å²) in [6.45, 7) is 3.46. The summed E-state index contributed by atoms with van der Waals surface area (Å²) < 4.78 is 10.9. The molecule has 1 amide bonds. The predicted molar refractivity (Wildman–Crippen MR) is 114 cm³/mol. The fourth-order valence-electron chi connectivity index (χ4n) is 3.50. The number of amides is 1. The Kier molecular flexibility index (Phi) is 5.44. The first kappa shape index (κ1) is 19.0. The summed E-state index contributed by atoms with van der Waals surface area (Å²) in [6.07, 6.45) is 0. The molecular formula is C23H23N3O3. The number of nitrogens with zero attached hydrogens (tertiary/aromatic N) is 1. The third kappa shape index (κ3) is 3.67. The zero-order chi connectivity index (χ0) is 20.2. The molecule has 0 fully saturated rings. The standard InChI is InChI=1S/C23H23N3O3/c1-3-29-13-12-24-23(27)18-10-11-19-20(22(18)28-2)21(26-25-19)17-9-8-15-6-4-5-7-16(15)14-17/h4-11,14H,3,12-13H2,1-2H3,(H,24,27)(H,25,26). The maximum absolute atomic E-state index is 12.7. The van der Waals surface area contributed by atoms with Gasteiger partial charge in [-0.15, -0.1) is 0 Å². The molecule has 0 spiro atoms. The SMILES string of the molecule is CCOCCNC(=O)c1ccc2[nH]nc(-c3ccc4ccccc4c3)c2c1OC. The minimum atomic E-state index is -0.200. The molecule has 4 rings (SSSR count). The number of hydrogen-bond donors (Lipinski definition) is 2. The smallest absolute Gasteiger partial charge is 0.255 e. The van der Waals surface area contributed by atoms with E-state index in [1.807, 2.05) is 31.2 Å². The largest absolute Gasteiger partial charge is 0.495 e. The number of benzene rings is 3. The van der Waals surface area contributed by atoms with Crippen molar-refractivity contribution in [2.45, 2.75) is 6.92 Å². The number of fused-ring (bicyclic) bond motifs is 2. The van der Waals surface area contributed by atoms with Crippen LogP contribution in [-0.2, 0) is 4.74 Å². The summed E-state index contributed by atoms with van der Waals surface area (Å²) >= 11 is 0. The van der Waals surface area contributed by atoms with Crippen LogP contribution in [0.15, 0.2) is 54.6 Å². The lowest BCUT2D eigenvalue weighted by atomic mass is 10.0. The number of aromatic amines is 1. The first-order valence-electron chi connectivity index (χ1n) is 9.63. The van der Waals surface area contributed by atoms with Gasteiger partial charge in [0.2, 0.25) is 0 Å². The zero-order valence-corrected chi connectivity index (χ0v) is 16.5. The molecule has 1 aromatic heterocycles. The fourth-order valence-corrected chi connectivity index (χ4v) is 3.50. The first-order chi connectivity index (χ1) is 14.2. The van der Waals surface area contributed by atoms with Crippen LogP contribution in [0, 0.1) is 0 Å². The summed E-state index contributed by atoms with van der Waals surface area (Å²) in [5.41, 5.74) is 3.00. The van der Waals surface area contributed by atoms with Crippen LogP contribution in [0.2, 0.25) is 0 Å². The number of nitrogens with one attached hydrogen (secondary N) is 2. The monoisotopic (exact) mass is 389 g/mol. The third-order valence-electron chi connectivity index (χ3n) is 4.89. The molecular weight excluding hydrogens is 366 g/mol. The summed E-state index contributed by atoms with van der Waals surface area (Å²) in [5, 5.41) is 13.5. The number of carbonyl (C=O) groups excluding carboxylic acids is 1. The van der Waals surface area contributed by atoms with Gasteiger partial charge in [0.05, 0.1) is 30.2 Å². The van der Waals surface area contributed by atoms with Gasteiger partial charge in [-0.2, -0.15) is 5.10 Å². The fraction of sp³-hybridized carbons (Fsp3) is 0.217. The molecule has 1 heterocycles. The van der Waals surface area contributed by atoms with E-state index in [1.54, 1.807) is 13.2 Å². The average Bonchev–Trinajstić information content (AvgIpc) is 3.20. The Labute approximate surface area is 168 Å². The van der Waals surface area contributed by atoms with E-state index >= 15 is 0 Å². The minimum absolute atomic E-state index is 0.200. The number of hydrogen-bond acceptors (Lipinski definition) is 4. The van der Waals surface area contributed by atoms with Crippen molar-refractivity contribution >= 4 is 27.6 Å². The van der Waals surface area contributed by atoms with Crippen molar-refractivity contribution < 1.29 is 14.3 Å². The summed E-state index contributed by atoms with van der Waals surface area (Å²) in [7, 11) is 1.57. The normalized spacial score (nSPS) is 11.1. The molecule has 0 atom stereocenters. The quantitative estimate of drug-likeness (QED) is 0.466. The lowest BCUT2D eigenvalue weighted by molar-refractivity contribution is 0.0920. The summed E-state index contributed by atoms with van der Waals surface area (Å²) in [5.74, 6) is 0.308. The molecule has 2 N–H and O–H groups in total. The van der Waals surface area contributed by atoms with Crippen LogP contribution in [0.25, 0.3) is 32.9 Å². The van der Waals surface area contributed by atoms with Gasteiger partial charge in [-0.3, -0.25) is 9.89 Å². The second kappa shape index (κ2) is 8.32. The Balaban J connectivity index is 1.76. The average molecular weight is 389 g/mol. The molecule has 148 valence electrons. The van der Waals surface area contributed by atoms with E-state index in [0.29, 0.717) is 31.1 Å². The van der Waals surface area contributed by atoms with Crippen molar-refractivity contribution in [2.75, 3.05) is 26.9 Å². The molecule has 0 saturated carbocycles. The highest BCUT2D eigenvalue weighted by Crippen LogP contribution is 2.37. The van der Waals surface area contributed by atoms with Gasteiger partial charge < -0.3 is 14.8 Å². The van der Waals surface area contributed by atoms with E-state index in [9.17, 15) is 4.79 Å². The number of carbonyl (C=O) groups is 1. The second-order valence-electron chi connectivity index (χ2n) is 6.66. The van der Waals surface area contributed by atoms with Crippen molar-refractivity contribution in [1.29, 1.82) is 0 Å². The first-order valence-corrected chi connectivity index (χ1v) is 9.63. The molecule has 0 bridgehead atoms. The molecule has 0 aliphatic heterocycles. The number of methoxy groups -OCH3 is 1. The highest BCUT2D eigenvalue weighted by atomic mass is 16.5. The Bertz CT molecular complexity index is 1170. The van der Waals surface area contributed by atoms with E-state index in [1.165, 1.54) is 0 Å². The van der Waals surface area contributed by atoms with Crippen LogP contribution in [0.3, 0.4) is 0 Å². The van der Waals surface area contributed by atoms with Crippen LogP contribution >= 0.6 is 0 Å². The van der Waals surface area contributed by atoms with Gasteiger partial charge in [0, 0.05) is 18.7 Å². The Hall–Kier alpha value is -3.38. The number of ether oxygens (including phenoxy) is 2. The molecule has 0 aliphatic carbocycles. The number of aromatic nitrogens is 2. The maximum atomic E-state index is 12.7. The second-order valence-corrected chi connectivity index (χ2v) is 6.66. The molecule has 3 aromatic carbocycles. The van der Waals surface area contributed by atoms with Gasteiger partial charge >= 0.3 is 0 Å². The lowest BCUT2D eigenvalue weighted by Gasteiger charge is -2.11. The van der Waals surface area contributed by atoms with E-state index in [2.05, 4.69) is 39.8 Å². The molecule has 29 heavy (non-hydrogen) atoms. The summed E-state index contributed by atoms with van der Waals surface area (Å²) in [6, 6.07) is 18.0.